The van der Waals surface area contributed by atoms with Gasteiger partial charge in [-0.15, -0.1) is 0 Å². The van der Waals surface area contributed by atoms with Crippen LogP contribution >= 0.6 is 0 Å². The standard InChI is InChI=1S/C19H20F3N5O3/c1-11-8-12(19(20,21)22)9-16(23-11)27-13(10-30-18(27)29)17(28)26(4)15-7-5-6-14(24-15)25(2)3/h5-9,13H,10H2,1-4H3. The number of aromatic nitrogens is 2. The SMILES string of the molecule is Cc1cc(C(F)(F)F)cc(N2C(=O)OCC2C(=O)N(C)c2cccc(N(C)C)n2)n1. The van der Waals surface area contributed by atoms with E-state index in [2.05, 4.69) is 9.97 Å². The third-order valence-electron chi connectivity index (χ3n) is 4.52. The van der Waals surface area contributed by atoms with Crippen LogP contribution in [0.3, 0.4) is 0 Å². The second-order valence-electron chi connectivity index (χ2n) is 6.96. The molecule has 2 aromatic heterocycles. The number of hydrogen-bond acceptors (Lipinski definition) is 6. The first-order valence-electron chi connectivity index (χ1n) is 8.93. The molecule has 8 nitrogen and oxygen atoms in total. The molecule has 0 aliphatic carbocycles. The molecule has 0 aromatic carbocycles. The molecule has 1 atom stereocenters. The predicted octanol–water partition coefficient (Wildman–Crippen LogP) is 2.86. The normalized spacial score (nSPS) is 16.4. The first kappa shape index (κ1) is 21.3. The van der Waals surface area contributed by atoms with Crippen LogP contribution in [0.4, 0.5) is 35.4 Å². The highest BCUT2D eigenvalue weighted by Crippen LogP contribution is 2.33. The van der Waals surface area contributed by atoms with Gasteiger partial charge in [-0.25, -0.2) is 19.7 Å². The number of cyclic esters (lactones) is 1. The van der Waals surface area contributed by atoms with E-state index in [-0.39, 0.29) is 18.1 Å². The number of hydrogen-bond donors (Lipinski definition) is 0. The Labute approximate surface area is 170 Å². The minimum absolute atomic E-state index is 0.0550. The monoisotopic (exact) mass is 423 g/mol. The summed E-state index contributed by atoms with van der Waals surface area (Å²) in [7, 11) is 5.05. The summed E-state index contributed by atoms with van der Waals surface area (Å²) in [6, 6.07) is 5.50. The molecular weight excluding hydrogens is 403 g/mol. The zero-order valence-electron chi connectivity index (χ0n) is 16.8. The number of nitrogens with zero attached hydrogens (tertiary/aromatic N) is 5. The molecule has 1 aliphatic heterocycles. The molecule has 3 heterocycles. The molecule has 0 N–H and O–H groups in total. The van der Waals surface area contributed by atoms with Gasteiger partial charge in [-0.3, -0.25) is 9.69 Å². The van der Waals surface area contributed by atoms with E-state index in [1.165, 1.54) is 18.9 Å². The number of ether oxygens (including phenoxy) is 1. The number of rotatable bonds is 4. The van der Waals surface area contributed by atoms with Crippen LogP contribution in [-0.2, 0) is 15.7 Å². The average Bonchev–Trinajstić information content (AvgIpc) is 3.07. The molecule has 3 rings (SSSR count). The fourth-order valence-corrected chi connectivity index (χ4v) is 2.98. The molecule has 160 valence electrons. The van der Waals surface area contributed by atoms with Crippen LogP contribution in [0.25, 0.3) is 0 Å². The number of anilines is 3. The molecule has 1 saturated heterocycles. The molecule has 2 aromatic rings. The highest BCUT2D eigenvalue weighted by atomic mass is 19.4. The van der Waals surface area contributed by atoms with E-state index in [9.17, 15) is 22.8 Å². The van der Waals surface area contributed by atoms with Crippen molar-refractivity contribution in [1.29, 1.82) is 0 Å². The van der Waals surface area contributed by atoms with Gasteiger partial charge in [0.15, 0.2) is 6.04 Å². The quantitative estimate of drug-likeness (QED) is 0.753. The first-order valence-corrected chi connectivity index (χ1v) is 8.93. The third-order valence-corrected chi connectivity index (χ3v) is 4.52. The molecule has 0 bridgehead atoms. The second kappa shape index (κ2) is 7.81. The van der Waals surface area contributed by atoms with Crippen molar-refractivity contribution in [2.24, 2.45) is 0 Å². The van der Waals surface area contributed by atoms with Crippen molar-refractivity contribution in [3.8, 4) is 0 Å². The topological polar surface area (TPSA) is 78.9 Å². The Balaban J connectivity index is 1.94. The zero-order chi connectivity index (χ0) is 22.2. The number of likely N-dealkylation sites (N-methyl/N-ethyl adjacent to an activating group) is 1. The number of carbonyl (C=O) groups excluding carboxylic acids is 2. The third kappa shape index (κ3) is 4.14. The summed E-state index contributed by atoms with van der Waals surface area (Å²) in [4.78, 5) is 37.5. The van der Waals surface area contributed by atoms with Crippen molar-refractivity contribution in [2.45, 2.75) is 19.1 Å². The van der Waals surface area contributed by atoms with E-state index < -0.39 is 29.8 Å². The highest BCUT2D eigenvalue weighted by molar-refractivity contribution is 6.05. The van der Waals surface area contributed by atoms with Crippen LogP contribution in [0.15, 0.2) is 30.3 Å². The number of halogens is 3. The van der Waals surface area contributed by atoms with Crippen molar-refractivity contribution in [2.75, 3.05) is 42.4 Å². The highest BCUT2D eigenvalue weighted by Gasteiger charge is 2.43. The van der Waals surface area contributed by atoms with Crippen LogP contribution in [0.2, 0.25) is 0 Å². The summed E-state index contributed by atoms with van der Waals surface area (Å²) in [6.45, 7) is 1.06. The lowest BCUT2D eigenvalue weighted by Gasteiger charge is -2.25. The van der Waals surface area contributed by atoms with Crippen LogP contribution < -0.4 is 14.7 Å². The van der Waals surface area contributed by atoms with Gasteiger partial charge in [0, 0.05) is 26.8 Å². The molecule has 2 amide bonds. The van der Waals surface area contributed by atoms with Crippen molar-refractivity contribution in [3.05, 3.63) is 41.6 Å². The number of carbonyl (C=O) groups is 2. The lowest BCUT2D eigenvalue weighted by molar-refractivity contribution is -0.137. The number of alkyl halides is 3. The summed E-state index contributed by atoms with van der Waals surface area (Å²) in [5.74, 6) is 0.0595. The van der Waals surface area contributed by atoms with Gasteiger partial charge >= 0.3 is 12.3 Å². The van der Waals surface area contributed by atoms with E-state index in [0.717, 1.165) is 17.0 Å². The summed E-state index contributed by atoms with van der Waals surface area (Å²) in [6.07, 6.45) is -5.57. The molecule has 11 heteroatoms. The van der Waals surface area contributed by atoms with Crippen molar-refractivity contribution in [3.63, 3.8) is 0 Å². The Morgan fingerprint density at radius 3 is 2.47 bits per heavy atom. The second-order valence-corrected chi connectivity index (χ2v) is 6.96. The fraction of sp³-hybridized carbons (Fsp3) is 0.368. The molecule has 30 heavy (non-hydrogen) atoms. The maximum Gasteiger partial charge on any atom is 0.416 e. The predicted molar refractivity (Wildman–Crippen MR) is 104 cm³/mol. The van der Waals surface area contributed by atoms with Gasteiger partial charge in [-0.05, 0) is 31.2 Å². The van der Waals surface area contributed by atoms with E-state index in [4.69, 9.17) is 4.74 Å². The van der Waals surface area contributed by atoms with Crippen LogP contribution in [0.5, 0.6) is 0 Å². The molecule has 0 spiro atoms. The van der Waals surface area contributed by atoms with Crippen LogP contribution in [0, 0.1) is 6.92 Å². The fourth-order valence-electron chi connectivity index (χ4n) is 2.98. The first-order chi connectivity index (χ1) is 14.0. The van der Waals surface area contributed by atoms with E-state index in [1.807, 2.05) is 0 Å². The minimum Gasteiger partial charge on any atom is -0.446 e. The molecular formula is C19H20F3N5O3. The maximum atomic E-state index is 13.2. The van der Waals surface area contributed by atoms with Gasteiger partial charge < -0.3 is 9.64 Å². The Bertz CT molecular complexity index is 980. The van der Waals surface area contributed by atoms with Crippen molar-refractivity contribution < 1.29 is 27.5 Å². The summed E-state index contributed by atoms with van der Waals surface area (Å²) in [5.41, 5.74) is -0.913. The molecule has 0 radical (unpaired) electrons. The number of pyridine rings is 2. The minimum atomic E-state index is -4.63. The summed E-state index contributed by atoms with van der Waals surface area (Å²) >= 11 is 0. The average molecular weight is 423 g/mol. The van der Waals surface area contributed by atoms with Crippen LogP contribution in [0.1, 0.15) is 11.3 Å². The van der Waals surface area contributed by atoms with Gasteiger partial charge in [-0.1, -0.05) is 6.07 Å². The van der Waals surface area contributed by atoms with Crippen molar-refractivity contribution >= 4 is 29.5 Å². The lowest BCUT2D eigenvalue weighted by atomic mass is 10.2. The van der Waals surface area contributed by atoms with Gasteiger partial charge in [0.2, 0.25) is 0 Å². The number of amides is 2. The Morgan fingerprint density at radius 1 is 1.17 bits per heavy atom. The molecule has 1 unspecified atom stereocenters. The zero-order valence-corrected chi connectivity index (χ0v) is 16.8. The Hall–Kier alpha value is -3.37. The smallest absolute Gasteiger partial charge is 0.416 e. The molecule has 0 saturated carbocycles. The van der Waals surface area contributed by atoms with E-state index in [1.54, 1.807) is 37.2 Å². The maximum absolute atomic E-state index is 13.2. The summed E-state index contributed by atoms with van der Waals surface area (Å²) < 4.78 is 44.5. The van der Waals surface area contributed by atoms with Gasteiger partial charge in [0.05, 0.1) is 5.56 Å². The van der Waals surface area contributed by atoms with Gasteiger partial charge in [0.25, 0.3) is 5.91 Å². The number of aryl methyl sites for hydroxylation is 1. The van der Waals surface area contributed by atoms with Gasteiger partial charge in [0.1, 0.15) is 24.1 Å². The van der Waals surface area contributed by atoms with E-state index >= 15 is 0 Å². The largest absolute Gasteiger partial charge is 0.446 e. The van der Waals surface area contributed by atoms with E-state index in [0.29, 0.717) is 11.6 Å². The lowest BCUT2D eigenvalue weighted by Crippen LogP contribution is -2.47. The van der Waals surface area contributed by atoms with Crippen LogP contribution in [-0.4, -0.2) is 55.8 Å². The molecule has 1 fully saturated rings. The Morgan fingerprint density at radius 2 is 1.83 bits per heavy atom. The Kier molecular flexibility index (Phi) is 5.55. The van der Waals surface area contributed by atoms with Crippen molar-refractivity contribution in [1.82, 2.24) is 9.97 Å². The van der Waals surface area contributed by atoms with Gasteiger partial charge in [-0.2, -0.15) is 13.2 Å². The molecule has 1 aliphatic rings. The summed E-state index contributed by atoms with van der Waals surface area (Å²) in [5, 5.41) is 0.